The van der Waals surface area contributed by atoms with Gasteiger partial charge in [-0.3, -0.25) is 0 Å². The molecule has 1 spiro atoms. The Morgan fingerprint density at radius 1 is 1.42 bits per heavy atom. The van der Waals surface area contributed by atoms with E-state index in [1.165, 1.54) is 25.7 Å². The van der Waals surface area contributed by atoms with Crippen LogP contribution in [0.15, 0.2) is 22.9 Å². The number of ether oxygens (including phenoxy) is 1. The van der Waals surface area contributed by atoms with Crippen LogP contribution in [0.1, 0.15) is 39.0 Å². The highest BCUT2D eigenvalue weighted by molar-refractivity contribution is 9.10. The number of nitrogens with one attached hydrogen (secondary N) is 1. The standard InChI is InChI=1S/C15H21BrN2O/c1-2-19-13-9-12(15(13)7-3-4-8-15)18-11-5-6-14(16)17-10-11/h5-6,10,12-13,18H,2-4,7-9H2,1H3. The summed E-state index contributed by atoms with van der Waals surface area (Å²) in [4.78, 5) is 4.28. The minimum Gasteiger partial charge on any atom is -0.380 e. The van der Waals surface area contributed by atoms with Gasteiger partial charge in [-0.05, 0) is 54.2 Å². The second kappa shape index (κ2) is 5.41. The van der Waals surface area contributed by atoms with Gasteiger partial charge in [0.25, 0.3) is 0 Å². The molecule has 104 valence electrons. The van der Waals surface area contributed by atoms with Gasteiger partial charge >= 0.3 is 0 Å². The fourth-order valence-electron chi connectivity index (χ4n) is 3.75. The van der Waals surface area contributed by atoms with Crippen LogP contribution < -0.4 is 5.32 Å². The maximum atomic E-state index is 5.94. The van der Waals surface area contributed by atoms with Crippen molar-refractivity contribution < 1.29 is 4.74 Å². The van der Waals surface area contributed by atoms with Gasteiger partial charge in [-0.25, -0.2) is 4.98 Å². The number of hydrogen-bond donors (Lipinski definition) is 1. The smallest absolute Gasteiger partial charge is 0.106 e. The second-order valence-electron chi connectivity index (χ2n) is 5.69. The molecule has 2 atom stereocenters. The molecule has 2 unspecified atom stereocenters. The molecule has 0 aromatic carbocycles. The van der Waals surface area contributed by atoms with Crippen LogP contribution in [-0.4, -0.2) is 23.7 Å². The van der Waals surface area contributed by atoms with E-state index in [1.54, 1.807) is 0 Å². The predicted molar refractivity (Wildman–Crippen MR) is 80.3 cm³/mol. The van der Waals surface area contributed by atoms with Crippen molar-refractivity contribution in [1.82, 2.24) is 4.98 Å². The Kier molecular flexibility index (Phi) is 3.81. The highest BCUT2D eigenvalue weighted by Gasteiger charge is 2.56. The Hall–Kier alpha value is -0.610. The van der Waals surface area contributed by atoms with E-state index in [9.17, 15) is 0 Å². The number of pyridine rings is 1. The minimum absolute atomic E-state index is 0.378. The molecule has 2 fully saturated rings. The molecule has 2 aliphatic rings. The topological polar surface area (TPSA) is 34.1 Å². The van der Waals surface area contributed by atoms with Crippen molar-refractivity contribution >= 4 is 21.6 Å². The summed E-state index contributed by atoms with van der Waals surface area (Å²) in [7, 11) is 0. The molecule has 2 aliphatic carbocycles. The molecule has 0 aliphatic heterocycles. The van der Waals surface area contributed by atoms with Crippen molar-refractivity contribution in [2.45, 2.75) is 51.2 Å². The lowest BCUT2D eigenvalue weighted by Gasteiger charge is -2.54. The van der Waals surface area contributed by atoms with Crippen LogP contribution in [0.5, 0.6) is 0 Å². The van der Waals surface area contributed by atoms with E-state index in [1.807, 2.05) is 12.3 Å². The molecular formula is C15H21BrN2O. The Labute approximate surface area is 123 Å². The zero-order valence-corrected chi connectivity index (χ0v) is 12.9. The maximum absolute atomic E-state index is 5.94. The Morgan fingerprint density at radius 3 is 2.84 bits per heavy atom. The third-order valence-corrected chi connectivity index (χ3v) is 5.22. The van der Waals surface area contributed by atoms with Crippen LogP contribution in [0.2, 0.25) is 0 Å². The van der Waals surface area contributed by atoms with Crippen molar-refractivity contribution in [1.29, 1.82) is 0 Å². The van der Waals surface area contributed by atoms with Crippen molar-refractivity contribution in [3.05, 3.63) is 22.9 Å². The van der Waals surface area contributed by atoms with Crippen LogP contribution in [0.4, 0.5) is 5.69 Å². The molecule has 0 amide bonds. The van der Waals surface area contributed by atoms with Gasteiger partial charge in [0.1, 0.15) is 4.60 Å². The first-order chi connectivity index (χ1) is 9.24. The number of nitrogens with zero attached hydrogens (tertiary/aromatic N) is 1. The summed E-state index contributed by atoms with van der Waals surface area (Å²) in [5.41, 5.74) is 1.50. The van der Waals surface area contributed by atoms with Crippen LogP contribution in [0.25, 0.3) is 0 Å². The van der Waals surface area contributed by atoms with Gasteiger partial charge in [0, 0.05) is 18.1 Å². The summed E-state index contributed by atoms with van der Waals surface area (Å²) < 4.78 is 6.82. The molecule has 3 rings (SSSR count). The normalized spacial score (nSPS) is 28.3. The number of aromatic nitrogens is 1. The van der Waals surface area contributed by atoms with Gasteiger partial charge in [-0.2, -0.15) is 0 Å². The first-order valence-electron chi connectivity index (χ1n) is 7.24. The summed E-state index contributed by atoms with van der Waals surface area (Å²) in [5.74, 6) is 0. The van der Waals surface area contributed by atoms with E-state index in [2.05, 4.69) is 39.2 Å². The molecule has 1 heterocycles. The molecule has 0 radical (unpaired) electrons. The van der Waals surface area contributed by atoms with E-state index < -0.39 is 0 Å². The van der Waals surface area contributed by atoms with Gasteiger partial charge in [-0.15, -0.1) is 0 Å². The van der Waals surface area contributed by atoms with Crippen molar-refractivity contribution in [2.75, 3.05) is 11.9 Å². The first-order valence-corrected chi connectivity index (χ1v) is 8.03. The van der Waals surface area contributed by atoms with E-state index in [0.29, 0.717) is 17.6 Å². The molecule has 0 saturated heterocycles. The summed E-state index contributed by atoms with van der Waals surface area (Å²) in [6.07, 6.45) is 8.80. The zero-order valence-electron chi connectivity index (χ0n) is 11.4. The van der Waals surface area contributed by atoms with Gasteiger partial charge < -0.3 is 10.1 Å². The highest BCUT2D eigenvalue weighted by Crippen LogP contribution is 2.55. The fourth-order valence-corrected chi connectivity index (χ4v) is 3.99. The minimum atomic E-state index is 0.378. The number of anilines is 1. The van der Waals surface area contributed by atoms with Gasteiger partial charge in [0.2, 0.25) is 0 Å². The average Bonchev–Trinajstić information content (AvgIpc) is 2.92. The first kappa shape index (κ1) is 13.4. The van der Waals surface area contributed by atoms with Crippen LogP contribution in [-0.2, 0) is 4.74 Å². The largest absolute Gasteiger partial charge is 0.380 e. The average molecular weight is 325 g/mol. The number of halogens is 1. The Balaban J connectivity index is 1.70. The SMILES string of the molecule is CCOC1CC(Nc2ccc(Br)nc2)C12CCCC2. The maximum Gasteiger partial charge on any atom is 0.106 e. The molecule has 1 aromatic heterocycles. The molecule has 4 heteroatoms. The zero-order chi connectivity index (χ0) is 13.3. The molecule has 0 bridgehead atoms. The second-order valence-corrected chi connectivity index (χ2v) is 6.50. The Morgan fingerprint density at radius 2 is 2.21 bits per heavy atom. The van der Waals surface area contributed by atoms with Crippen molar-refractivity contribution in [2.24, 2.45) is 5.41 Å². The lowest BCUT2D eigenvalue weighted by Crippen LogP contribution is -2.60. The number of hydrogen-bond acceptors (Lipinski definition) is 3. The van der Waals surface area contributed by atoms with E-state index in [0.717, 1.165) is 23.3 Å². The van der Waals surface area contributed by atoms with Crippen LogP contribution in [0, 0.1) is 5.41 Å². The lowest BCUT2D eigenvalue weighted by molar-refractivity contribution is -0.114. The highest BCUT2D eigenvalue weighted by atomic mass is 79.9. The van der Waals surface area contributed by atoms with Crippen molar-refractivity contribution in [3.63, 3.8) is 0 Å². The van der Waals surface area contributed by atoms with Gasteiger partial charge in [-0.1, -0.05) is 12.8 Å². The third kappa shape index (κ3) is 2.40. The number of rotatable bonds is 4. The van der Waals surface area contributed by atoms with Gasteiger partial charge in [0.15, 0.2) is 0 Å². The van der Waals surface area contributed by atoms with E-state index in [4.69, 9.17) is 4.74 Å². The molecule has 3 nitrogen and oxygen atoms in total. The van der Waals surface area contributed by atoms with E-state index in [-0.39, 0.29) is 0 Å². The van der Waals surface area contributed by atoms with Crippen LogP contribution in [0.3, 0.4) is 0 Å². The monoisotopic (exact) mass is 324 g/mol. The molecule has 2 saturated carbocycles. The molecular weight excluding hydrogens is 304 g/mol. The summed E-state index contributed by atoms with van der Waals surface area (Å²) in [5, 5.41) is 3.66. The Bertz CT molecular complexity index is 428. The quantitative estimate of drug-likeness (QED) is 0.850. The van der Waals surface area contributed by atoms with Crippen molar-refractivity contribution in [3.8, 4) is 0 Å². The molecule has 19 heavy (non-hydrogen) atoms. The third-order valence-electron chi connectivity index (χ3n) is 4.76. The predicted octanol–water partition coefficient (Wildman–Crippen LogP) is 3.99. The molecule has 1 aromatic rings. The summed E-state index contributed by atoms with van der Waals surface area (Å²) >= 11 is 3.37. The van der Waals surface area contributed by atoms with E-state index >= 15 is 0 Å². The summed E-state index contributed by atoms with van der Waals surface area (Å²) in [6.45, 7) is 2.93. The van der Waals surface area contributed by atoms with Crippen LogP contribution >= 0.6 is 15.9 Å². The fraction of sp³-hybridized carbons (Fsp3) is 0.667. The van der Waals surface area contributed by atoms with Gasteiger partial charge in [0.05, 0.1) is 18.0 Å². The lowest BCUT2D eigenvalue weighted by atomic mass is 9.60. The summed E-state index contributed by atoms with van der Waals surface area (Å²) in [6, 6.07) is 4.63. The molecule has 1 N–H and O–H groups in total.